The van der Waals surface area contributed by atoms with Gasteiger partial charge in [-0.05, 0) is 25.0 Å². The maximum absolute atomic E-state index is 12.4. The number of urea groups is 1. The first-order valence-corrected chi connectivity index (χ1v) is 9.20. The average Bonchev–Trinajstić information content (AvgIpc) is 3.13. The van der Waals surface area contributed by atoms with Crippen molar-refractivity contribution >= 4 is 52.4 Å². The number of benzene rings is 1. The van der Waals surface area contributed by atoms with Crippen LogP contribution >= 0.6 is 34.8 Å². The van der Waals surface area contributed by atoms with Crippen molar-refractivity contribution in [3.63, 3.8) is 0 Å². The van der Waals surface area contributed by atoms with Crippen molar-refractivity contribution in [2.45, 2.75) is 18.9 Å². The van der Waals surface area contributed by atoms with Crippen molar-refractivity contribution in [2.24, 2.45) is 0 Å². The zero-order valence-electron chi connectivity index (χ0n) is 13.4. The van der Waals surface area contributed by atoms with Gasteiger partial charge in [0.25, 0.3) is 5.91 Å². The molecule has 3 amide bonds. The van der Waals surface area contributed by atoms with Gasteiger partial charge in [0.2, 0.25) is 0 Å². The molecule has 0 bridgehead atoms. The summed E-state index contributed by atoms with van der Waals surface area (Å²) in [4.78, 5) is 28.1. The first kappa shape index (κ1) is 18.6. The molecule has 136 valence electrons. The van der Waals surface area contributed by atoms with Gasteiger partial charge in [-0.1, -0.05) is 34.8 Å². The van der Waals surface area contributed by atoms with Gasteiger partial charge in [-0.2, -0.15) is 0 Å². The number of hydrogen-bond donors (Lipinski definition) is 1. The summed E-state index contributed by atoms with van der Waals surface area (Å²) in [5.41, 5.74) is 0.402. The van der Waals surface area contributed by atoms with Crippen LogP contribution in [0.25, 0.3) is 0 Å². The molecular weight excluding hydrogens is 389 g/mol. The molecule has 2 saturated heterocycles. The number of ether oxygens (including phenoxy) is 1. The van der Waals surface area contributed by atoms with Crippen LogP contribution in [0.1, 0.15) is 12.8 Å². The van der Waals surface area contributed by atoms with E-state index in [1.807, 2.05) is 0 Å². The van der Waals surface area contributed by atoms with Crippen LogP contribution < -0.4 is 5.32 Å². The lowest BCUT2D eigenvalue weighted by Gasteiger charge is -2.35. The quantitative estimate of drug-likeness (QED) is 0.765. The predicted octanol–water partition coefficient (Wildman–Crippen LogP) is 3.50. The van der Waals surface area contributed by atoms with Gasteiger partial charge in [0.1, 0.15) is 6.10 Å². The van der Waals surface area contributed by atoms with Gasteiger partial charge in [0.15, 0.2) is 0 Å². The van der Waals surface area contributed by atoms with Crippen molar-refractivity contribution < 1.29 is 14.3 Å². The first-order valence-electron chi connectivity index (χ1n) is 8.06. The molecule has 0 spiro atoms. The Morgan fingerprint density at radius 1 is 1.00 bits per heavy atom. The summed E-state index contributed by atoms with van der Waals surface area (Å²) in [6, 6.07) is 2.71. The molecule has 2 heterocycles. The average molecular weight is 407 g/mol. The van der Waals surface area contributed by atoms with Gasteiger partial charge in [0, 0.05) is 32.8 Å². The molecule has 1 atom stereocenters. The fourth-order valence-electron chi connectivity index (χ4n) is 2.92. The smallest absolute Gasteiger partial charge is 0.322 e. The molecule has 2 aliphatic rings. The van der Waals surface area contributed by atoms with Gasteiger partial charge in [-0.15, -0.1) is 0 Å². The number of rotatable bonds is 2. The lowest BCUT2D eigenvalue weighted by molar-refractivity contribution is -0.142. The second kappa shape index (κ2) is 7.99. The van der Waals surface area contributed by atoms with Crippen molar-refractivity contribution in [3.05, 3.63) is 27.2 Å². The number of halogens is 3. The minimum absolute atomic E-state index is 0.0186. The summed E-state index contributed by atoms with van der Waals surface area (Å²) >= 11 is 17.9. The van der Waals surface area contributed by atoms with Crippen LogP contribution in [0.3, 0.4) is 0 Å². The second-order valence-corrected chi connectivity index (χ2v) is 7.21. The van der Waals surface area contributed by atoms with Crippen molar-refractivity contribution in [1.82, 2.24) is 9.80 Å². The third kappa shape index (κ3) is 4.31. The highest BCUT2D eigenvalue weighted by Crippen LogP contribution is 2.32. The van der Waals surface area contributed by atoms with Crippen LogP contribution in [0, 0.1) is 0 Å². The molecule has 1 N–H and O–H groups in total. The van der Waals surface area contributed by atoms with Crippen molar-refractivity contribution in [1.29, 1.82) is 0 Å². The Hall–Kier alpha value is -1.21. The molecule has 1 aromatic rings. The van der Waals surface area contributed by atoms with E-state index in [0.717, 1.165) is 12.8 Å². The summed E-state index contributed by atoms with van der Waals surface area (Å²) < 4.78 is 5.43. The molecule has 1 unspecified atom stereocenters. The van der Waals surface area contributed by atoms with Gasteiger partial charge >= 0.3 is 6.03 Å². The minimum Gasteiger partial charge on any atom is -0.368 e. The Kier molecular flexibility index (Phi) is 5.94. The van der Waals surface area contributed by atoms with Gasteiger partial charge in [0.05, 0.1) is 20.8 Å². The topological polar surface area (TPSA) is 61.9 Å². The Morgan fingerprint density at radius 3 is 2.28 bits per heavy atom. The molecule has 2 aliphatic heterocycles. The molecule has 3 rings (SSSR count). The number of nitrogens with one attached hydrogen (secondary N) is 1. The molecule has 9 heteroatoms. The van der Waals surface area contributed by atoms with Gasteiger partial charge in [-0.25, -0.2) is 4.79 Å². The number of nitrogens with zero attached hydrogens (tertiary/aromatic N) is 2. The number of hydrogen-bond acceptors (Lipinski definition) is 3. The normalized spacial score (nSPS) is 20.7. The predicted molar refractivity (Wildman–Crippen MR) is 97.6 cm³/mol. The Balaban J connectivity index is 1.55. The fraction of sp³-hybridized carbons (Fsp3) is 0.500. The second-order valence-electron chi connectivity index (χ2n) is 5.99. The van der Waals surface area contributed by atoms with Gasteiger partial charge < -0.3 is 19.9 Å². The van der Waals surface area contributed by atoms with Crippen molar-refractivity contribution in [3.8, 4) is 0 Å². The highest BCUT2D eigenvalue weighted by molar-refractivity contribution is 6.44. The lowest BCUT2D eigenvalue weighted by atomic mass is 10.2. The molecule has 2 fully saturated rings. The van der Waals surface area contributed by atoms with Crippen LogP contribution in [-0.4, -0.2) is 60.6 Å². The van der Waals surface area contributed by atoms with E-state index in [2.05, 4.69) is 5.32 Å². The summed E-state index contributed by atoms with van der Waals surface area (Å²) in [5.74, 6) is 0.0186. The van der Waals surface area contributed by atoms with E-state index in [9.17, 15) is 9.59 Å². The molecule has 0 aromatic heterocycles. The number of amides is 3. The maximum atomic E-state index is 12.4. The Labute approximate surface area is 160 Å². The molecule has 0 aliphatic carbocycles. The maximum Gasteiger partial charge on any atom is 0.322 e. The molecular formula is C16H18Cl3N3O3. The largest absolute Gasteiger partial charge is 0.368 e. The van der Waals surface area contributed by atoms with E-state index in [1.54, 1.807) is 9.80 Å². The Bertz CT molecular complexity index is 672. The summed E-state index contributed by atoms with van der Waals surface area (Å²) in [5, 5.41) is 3.68. The van der Waals surface area contributed by atoms with Crippen LogP contribution in [0.5, 0.6) is 0 Å². The summed E-state index contributed by atoms with van der Waals surface area (Å²) in [6.45, 7) is 2.51. The summed E-state index contributed by atoms with van der Waals surface area (Å²) in [6.07, 6.45) is 1.37. The lowest BCUT2D eigenvalue weighted by Crippen LogP contribution is -2.53. The zero-order valence-corrected chi connectivity index (χ0v) is 15.7. The molecule has 25 heavy (non-hydrogen) atoms. The van der Waals surface area contributed by atoms with E-state index in [1.165, 1.54) is 12.1 Å². The zero-order chi connectivity index (χ0) is 18.0. The van der Waals surface area contributed by atoms with Gasteiger partial charge in [-0.3, -0.25) is 4.79 Å². The van der Waals surface area contributed by atoms with E-state index >= 15 is 0 Å². The number of carbonyl (C=O) groups excluding carboxylic acids is 2. The molecule has 0 saturated carbocycles. The van der Waals surface area contributed by atoms with Crippen molar-refractivity contribution in [2.75, 3.05) is 38.1 Å². The molecule has 0 radical (unpaired) electrons. The molecule has 6 nitrogen and oxygen atoms in total. The third-order valence-electron chi connectivity index (χ3n) is 4.34. The van der Waals surface area contributed by atoms with E-state index in [-0.39, 0.29) is 18.0 Å². The fourth-order valence-corrected chi connectivity index (χ4v) is 3.51. The summed E-state index contributed by atoms with van der Waals surface area (Å²) in [7, 11) is 0. The Morgan fingerprint density at radius 2 is 1.64 bits per heavy atom. The highest BCUT2D eigenvalue weighted by Gasteiger charge is 2.31. The minimum atomic E-state index is -0.324. The number of anilines is 1. The van der Waals surface area contributed by atoms with Crippen LogP contribution in [0.4, 0.5) is 10.5 Å². The van der Waals surface area contributed by atoms with E-state index in [4.69, 9.17) is 39.5 Å². The number of piperazine rings is 1. The van der Waals surface area contributed by atoms with Crippen LogP contribution in [0.15, 0.2) is 12.1 Å². The SMILES string of the molecule is O=C(Nc1cc(Cl)c(Cl)cc1Cl)N1CCN(C(=O)C2CCCO2)CC1. The molecule has 1 aromatic carbocycles. The standard InChI is InChI=1S/C16H18Cl3N3O3/c17-10-8-12(19)13(9-11(10)18)20-16(24)22-5-3-21(4-6-22)15(23)14-2-1-7-25-14/h8-9,14H,1-7H2,(H,20,24). The number of carbonyl (C=O) groups is 2. The van der Waals surface area contributed by atoms with E-state index in [0.29, 0.717) is 53.5 Å². The van der Waals surface area contributed by atoms with E-state index < -0.39 is 0 Å². The van der Waals surface area contributed by atoms with Crippen LogP contribution in [0.2, 0.25) is 15.1 Å². The highest BCUT2D eigenvalue weighted by atomic mass is 35.5. The third-order valence-corrected chi connectivity index (χ3v) is 5.37. The first-order chi connectivity index (χ1) is 12.0. The monoisotopic (exact) mass is 405 g/mol. The van der Waals surface area contributed by atoms with Crippen LogP contribution in [-0.2, 0) is 9.53 Å².